The number of hydrogen-bond acceptors (Lipinski definition) is 3. The summed E-state index contributed by atoms with van der Waals surface area (Å²) in [7, 11) is 0. The smallest absolute Gasteiger partial charge is 0.151 e. The van der Waals surface area contributed by atoms with Crippen LogP contribution in [0.2, 0.25) is 0 Å². The van der Waals surface area contributed by atoms with Gasteiger partial charge >= 0.3 is 0 Å². The highest BCUT2D eigenvalue weighted by Gasteiger charge is 2.13. The maximum absolute atomic E-state index is 5.99. The summed E-state index contributed by atoms with van der Waals surface area (Å²) in [4.78, 5) is 6.01. The van der Waals surface area contributed by atoms with Crippen LogP contribution >= 0.6 is 11.3 Å². The van der Waals surface area contributed by atoms with Crippen molar-refractivity contribution in [2.45, 2.75) is 26.3 Å². The topological polar surface area (TPSA) is 27.1 Å². The highest BCUT2D eigenvalue weighted by Crippen LogP contribution is 2.28. The Morgan fingerprint density at radius 3 is 2.54 bits per heavy atom. The van der Waals surface area contributed by atoms with Gasteiger partial charge in [-0.05, 0) is 47.2 Å². The lowest BCUT2D eigenvalue weighted by Gasteiger charge is -2.11. The van der Waals surface area contributed by atoms with Gasteiger partial charge in [0.1, 0.15) is 12.4 Å². The fourth-order valence-corrected chi connectivity index (χ4v) is 3.82. The van der Waals surface area contributed by atoms with Crippen molar-refractivity contribution in [2.75, 3.05) is 6.61 Å². The van der Waals surface area contributed by atoms with Gasteiger partial charge in [-0.2, -0.15) is 0 Å². The summed E-state index contributed by atoms with van der Waals surface area (Å²) in [5.41, 5.74) is 3.50. The van der Waals surface area contributed by atoms with Crippen LogP contribution in [-0.4, -0.2) is 16.2 Å². The van der Waals surface area contributed by atoms with Crippen LogP contribution in [0.5, 0.6) is 5.75 Å². The molecule has 26 heavy (non-hydrogen) atoms. The number of aromatic nitrogens is 2. The predicted octanol–water partition coefficient (Wildman–Crippen LogP) is 5.97. The lowest BCUT2D eigenvalue weighted by atomic mass is 10.0. The number of fused-ring (bicyclic) bond motifs is 1. The van der Waals surface area contributed by atoms with Gasteiger partial charge in [-0.1, -0.05) is 44.2 Å². The normalized spacial score (nSPS) is 11.3. The van der Waals surface area contributed by atoms with Crippen molar-refractivity contribution in [3.8, 4) is 16.5 Å². The fourth-order valence-electron chi connectivity index (χ4n) is 3.10. The van der Waals surface area contributed by atoms with E-state index in [1.807, 2.05) is 6.07 Å². The number of nitrogens with zero attached hydrogens (tertiary/aromatic N) is 2. The zero-order valence-electron chi connectivity index (χ0n) is 15.1. The van der Waals surface area contributed by atoms with Gasteiger partial charge in [0.2, 0.25) is 0 Å². The van der Waals surface area contributed by atoms with Gasteiger partial charge in [0.15, 0.2) is 5.82 Å². The first kappa shape index (κ1) is 16.9. The number of benzene rings is 2. The van der Waals surface area contributed by atoms with Gasteiger partial charge in [-0.15, -0.1) is 11.3 Å². The molecule has 0 saturated heterocycles. The van der Waals surface area contributed by atoms with Crippen molar-refractivity contribution in [1.29, 1.82) is 0 Å². The number of imidazole rings is 1. The third kappa shape index (κ3) is 3.37. The minimum atomic E-state index is 0.537. The molecule has 3 nitrogen and oxygen atoms in total. The van der Waals surface area contributed by atoms with Crippen LogP contribution < -0.4 is 4.74 Å². The van der Waals surface area contributed by atoms with Crippen LogP contribution in [-0.2, 0) is 6.54 Å². The molecule has 0 unspecified atom stereocenters. The van der Waals surface area contributed by atoms with E-state index in [-0.39, 0.29) is 0 Å². The Morgan fingerprint density at radius 2 is 1.81 bits per heavy atom. The van der Waals surface area contributed by atoms with Crippen LogP contribution in [0.3, 0.4) is 0 Å². The summed E-state index contributed by atoms with van der Waals surface area (Å²) < 4.78 is 8.24. The maximum Gasteiger partial charge on any atom is 0.151 e. The minimum Gasteiger partial charge on any atom is -0.492 e. The molecule has 2 aromatic heterocycles. The Morgan fingerprint density at radius 1 is 1.00 bits per heavy atom. The standard InChI is InChI=1S/C22H22N2OS/c1-16(2)17-9-11-18(12-10-17)25-14-13-24-20-7-4-3-6-19(20)23-22(24)21-8-5-15-26-21/h3-12,15-16H,13-14H2,1-2H3. The molecular formula is C22H22N2OS. The van der Waals surface area contributed by atoms with E-state index in [0.717, 1.165) is 29.2 Å². The predicted molar refractivity (Wildman–Crippen MR) is 109 cm³/mol. The zero-order chi connectivity index (χ0) is 17.9. The average Bonchev–Trinajstić information content (AvgIpc) is 3.30. The number of para-hydroxylation sites is 2. The molecule has 0 spiro atoms. The zero-order valence-corrected chi connectivity index (χ0v) is 15.9. The third-order valence-corrected chi connectivity index (χ3v) is 5.39. The van der Waals surface area contributed by atoms with Crippen LogP contribution in [0.15, 0.2) is 66.0 Å². The quantitative estimate of drug-likeness (QED) is 0.423. The van der Waals surface area contributed by atoms with E-state index in [1.54, 1.807) is 11.3 Å². The number of hydrogen-bond donors (Lipinski definition) is 0. The number of thiophene rings is 1. The SMILES string of the molecule is CC(C)c1ccc(OCCn2c(-c3cccs3)nc3ccccc32)cc1. The molecule has 0 atom stereocenters. The molecular weight excluding hydrogens is 340 g/mol. The monoisotopic (exact) mass is 362 g/mol. The van der Waals surface area contributed by atoms with Crippen LogP contribution in [0.25, 0.3) is 21.7 Å². The molecule has 4 heteroatoms. The van der Waals surface area contributed by atoms with E-state index in [2.05, 4.69) is 78.4 Å². The molecule has 0 amide bonds. The van der Waals surface area contributed by atoms with E-state index in [0.29, 0.717) is 12.5 Å². The van der Waals surface area contributed by atoms with Gasteiger partial charge in [-0.25, -0.2) is 4.98 Å². The first-order valence-corrected chi connectivity index (χ1v) is 9.82. The van der Waals surface area contributed by atoms with Crippen LogP contribution in [0.1, 0.15) is 25.3 Å². The molecule has 132 valence electrons. The van der Waals surface area contributed by atoms with Crippen LogP contribution in [0, 0.1) is 0 Å². The summed E-state index contributed by atoms with van der Waals surface area (Å²) in [5, 5.41) is 2.09. The second-order valence-corrected chi connectivity index (χ2v) is 7.57. The van der Waals surface area contributed by atoms with Crippen molar-refractivity contribution in [3.63, 3.8) is 0 Å². The van der Waals surface area contributed by atoms with Crippen molar-refractivity contribution in [2.24, 2.45) is 0 Å². The Labute approximate surface area is 157 Å². The van der Waals surface area contributed by atoms with Gasteiger partial charge in [0.25, 0.3) is 0 Å². The van der Waals surface area contributed by atoms with Crippen molar-refractivity contribution >= 4 is 22.4 Å². The van der Waals surface area contributed by atoms with Gasteiger partial charge in [0, 0.05) is 0 Å². The summed E-state index contributed by atoms with van der Waals surface area (Å²) in [6.45, 7) is 5.78. The van der Waals surface area contributed by atoms with Crippen LogP contribution in [0.4, 0.5) is 0 Å². The molecule has 2 heterocycles. The van der Waals surface area contributed by atoms with Gasteiger partial charge < -0.3 is 9.30 Å². The molecule has 2 aromatic carbocycles. The Balaban J connectivity index is 1.54. The highest BCUT2D eigenvalue weighted by molar-refractivity contribution is 7.13. The fraction of sp³-hybridized carbons (Fsp3) is 0.227. The van der Waals surface area contributed by atoms with Gasteiger partial charge in [0.05, 0.1) is 22.5 Å². The van der Waals surface area contributed by atoms with Gasteiger partial charge in [-0.3, -0.25) is 0 Å². The summed E-state index contributed by atoms with van der Waals surface area (Å²) in [6, 6.07) is 20.9. The first-order chi connectivity index (χ1) is 12.7. The summed E-state index contributed by atoms with van der Waals surface area (Å²) >= 11 is 1.72. The van der Waals surface area contributed by atoms with E-state index < -0.39 is 0 Å². The second kappa shape index (κ2) is 7.34. The van der Waals surface area contributed by atoms with Crippen molar-refractivity contribution < 1.29 is 4.74 Å². The van der Waals surface area contributed by atoms with E-state index in [4.69, 9.17) is 9.72 Å². The maximum atomic E-state index is 5.99. The molecule has 0 aliphatic rings. The largest absolute Gasteiger partial charge is 0.492 e. The average molecular weight is 362 g/mol. The lowest BCUT2D eigenvalue weighted by Crippen LogP contribution is -2.09. The Hall–Kier alpha value is -2.59. The molecule has 0 bridgehead atoms. The molecule has 0 fully saturated rings. The van der Waals surface area contributed by atoms with Crippen molar-refractivity contribution in [3.05, 3.63) is 71.6 Å². The molecule has 0 aliphatic heterocycles. The highest BCUT2D eigenvalue weighted by atomic mass is 32.1. The second-order valence-electron chi connectivity index (χ2n) is 6.63. The number of ether oxygens (including phenoxy) is 1. The molecule has 0 aliphatic carbocycles. The third-order valence-electron chi connectivity index (χ3n) is 4.53. The Kier molecular flexibility index (Phi) is 4.76. The molecule has 0 N–H and O–H groups in total. The van der Waals surface area contributed by atoms with E-state index in [9.17, 15) is 0 Å². The lowest BCUT2D eigenvalue weighted by molar-refractivity contribution is 0.301. The summed E-state index contributed by atoms with van der Waals surface area (Å²) in [6.07, 6.45) is 0. The number of rotatable bonds is 6. The molecule has 4 rings (SSSR count). The minimum absolute atomic E-state index is 0.537. The Bertz CT molecular complexity index is 985. The first-order valence-electron chi connectivity index (χ1n) is 8.94. The van der Waals surface area contributed by atoms with Crippen molar-refractivity contribution in [1.82, 2.24) is 9.55 Å². The molecule has 4 aromatic rings. The molecule has 0 saturated carbocycles. The molecule has 0 radical (unpaired) electrons. The summed E-state index contributed by atoms with van der Waals surface area (Å²) in [5.74, 6) is 2.46. The van der Waals surface area contributed by atoms with E-state index in [1.165, 1.54) is 10.4 Å². The van der Waals surface area contributed by atoms with E-state index >= 15 is 0 Å².